The summed E-state index contributed by atoms with van der Waals surface area (Å²) < 4.78 is 42.3. The first-order chi connectivity index (χ1) is 27.4. The highest BCUT2D eigenvalue weighted by molar-refractivity contribution is 6.88. The standard InChI is InChI=1S/C48H39N3Si/c1-52(2,3)45-29-27-36(28-30-45)35-23-25-37(26-24-35)39-17-10-19-41(31-39)42-20-12-22-44(33-42)48-50-46(38-15-8-5-9-16-38)49-47(51-48)43-21-11-18-40(32-43)34-13-6-4-7-14-34/h4-33H,1-3H3/i5D,8D,9D,15D,16D. The molecule has 52 heavy (non-hydrogen) atoms. The predicted molar refractivity (Wildman–Crippen MR) is 221 cm³/mol. The van der Waals surface area contributed by atoms with Crippen molar-refractivity contribution in [2.75, 3.05) is 0 Å². The van der Waals surface area contributed by atoms with E-state index in [0.717, 1.165) is 33.4 Å². The largest absolute Gasteiger partial charge is 0.208 e. The topological polar surface area (TPSA) is 38.7 Å². The highest BCUT2D eigenvalue weighted by Crippen LogP contribution is 2.32. The van der Waals surface area contributed by atoms with Crippen LogP contribution in [0.4, 0.5) is 0 Å². The maximum Gasteiger partial charge on any atom is 0.164 e. The van der Waals surface area contributed by atoms with Crippen LogP contribution >= 0.6 is 0 Å². The highest BCUT2D eigenvalue weighted by atomic mass is 28.3. The van der Waals surface area contributed by atoms with Crippen molar-refractivity contribution in [2.24, 2.45) is 0 Å². The summed E-state index contributed by atoms with van der Waals surface area (Å²) in [5.74, 6) is 0.640. The average molecular weight is 691 g/mol. The molecule has 0 spiro atoms. The predicted octanol–water partition coefficient (Wildman–Crippen LogP) is 12.1. The summed E-state index contributed by atoms with van der Waals surface area (Å²) >= 11 is 0. The van der Waals surface area contributed by atoms with Gasteiger partial charge in [0.1, 0.15) is 0 Å². The second kappa shape index (κ2) is 14.2. The van der Waals surface area contributed by atoms with Gasteiger partial charge in [-0.25, -0.2) is 15.0 Å². The summed E-state index contributed by atoms with van der Waals surface area (Å²) in [5.41, 5.74) is 9.84. The fourth-order valence-corrected chi connectivity index (χ4v) is 7.48. The first-order valence-corrected chi connectivity index (χ1v) is 20.9. The molecule has 8 rings (SSSR count). The minimum absolute atomic E-state index is 0.0000380. The maximum atomic E-state index is 8.72. The van der Waals surface area contributed by atoms with Gasteiger partial charge in [-0.15, -0.1) is 0 Å². The smallest absolute Gasteiger partial charge is 0.164 e. The van der Waals surface area contributed by atoms with Crippen molar-refractivity contribution < 1.29 is 6.85 Å². The number of nitrogens with zero attached hydrogens (tertiary/aromatic N) is 3. The van der Waals surface area contributed by atoms with Gasteiger partial charge < -0.3 is 0 Å². The van der Waals surface area contributed by atoms with Crippen LogP contribution < -0.4 is 5.19 Å². The lowest BCUT2D eigenvalue weighted by Gasteiger charge is -2.16. The number of hydrogen-bond donors (Lipinski definition) is 0. The number of benzene rings is 7. The third kappa shape index (κ3) is 7.16. The number of aromatic nitrogens is 3. The molecule has 0 aliphatic heterocycles. The molecule has 0 amide bonds. The van der Waals surface area contributed by atoms with Gasteiger partial charge in [0.25, 0.3) is 0 Å². The zero-order valence-corrected chi connectivity index (χ0v) is 30.3. The molecule has 7 aromatic carbocycles. The van der Waals surface area contributed by atoms with E-state index in [1.54, 1.807) is 0 Å². The van der Waals surface area contributed by atoms with Gasteiger partial charge in [-0.05, 0) is 62.7 Å². The van der Waals surface area contributed by atoms with Crippen LogP contribution in [0, 0.1) is 0 Å². The summed E-state index contributed by atoms with van der Waals surface area (Å²) in [6.07, 6.45) is 0. The van der Waals surface area contributed by atoms with Crippen LogP contribution in [-0.4, -0.2) is 23.0 Å². The van der Waals surface area contributed by atoms with Crippen molar-refractivity contribution in [3.05, 3.63) is 182 Å². The maximum absolute atomic E-state index is 8.72. The van der Waals surface area contributed by atoms with E-state index in [9.17, 15) is 0 Å². The Morgan fingerprint density at radius 1 is 0.346 bits per heavy atom. The monoisotopic (exact) mass is 690 g/mol. The zero-order valence-electron chi connectivity index (χ0n) is 34.3. The molecule has 250 valence electrons. The SMILES string of the molecule is [2H]c1c([2H])c([2H])c(-c2nc(-c3cccc(-c4ccccc4)c3)nc(-c3cccc(-c4cccc(-c5ccc(-c6ccc([Si](C)(C)C)cc6)cc5)c4)c3)n2)c([2H])c1[2H]. The lowest BCUT2D eigenvalue weighted by molar-refractivity contribution is 1.07. The van der Waals surface area contributed by atoms with Gasteiger partial charge in [0.05, 0.1) is 14.9 Å². The first-order valence-electron chi connectivity index (χ1n) is 19.9. The van der Waals surface area contributed by atoms with E-state index in [-0.39, 0.29) is 23.5 Å². The van der Waals surface area contributed by atoms with Crippen LogP contribution in [0.2, 0.25) is 19.6 Å². The third-order valence-electron chi connectivity index (χ3n) is 9.21. The third-order valence-corrected chi connectivity index (χ3v) is 11.3. The van der Waals surface area contributed by atoms with Crippen molar-refractivity contribution in [3.63, 3.8) is 0 Å². The second-order valence-electron chi connectivity index (χ2n) is 13.8. The molecular formula is C48H39N3Si. The molecule has 0 fully saturated rings. The molecule has 8 aromatic rings. The molecule has 1 aromatic heterocycles. The van der Waals surface area contributed by atoms with E-state index in [2.05, 4.69) is 92.4 Å². The van der Waals surface area contributed by atoms with E-state index >= 15 is 0 Å². The molecule has 0 unspecified atom stereocenters. The van der Waals surface area contributed by atoms with Gasteiger partial charge in [0.2, 0.25) is 0 Å². The molecule has 0 bridgehead atoms. The van der Waals surface area contributed by atoms with Gasteiger partial charge in [0, 0.05) is 16.7 Å². The lowest BCUT2D eigenvalue weighted by Crippen LogP contribution is -2.37. The summed E-state index contributed by atoms with van der Waals surface area (Å²) in [7, 11) is -1.36. The minimum atomic E-state index is -1.36. The Labute approximate surface area is 314 Å². The van der Waals surface area contributed by atoms with Crippen LogP contribution in [0.3, 0.4) is 0 Å². The highest BCUT2D eigenvalue weighted by Gasteiger charge is 2.16. The van der Waals surface area contributed by atoms with Crippen molar-refractivity contribution in [2.45, 2.75) is 19.6 Å². The van der Waals surface area contributed by atoms with E-state index in [1.165, 1.54) is 16.3 Å². The van der Waals surface area contributed by atoms with E-state index in [4.69, 9.17) is 21.8 Å². The zero-order chi connectivity index (χ0) is 39.8. The van der Waals surface area contributed by atoms with Crippen LogP contribution in [0.25, 0.3) is 78.7 Å². The Kier molecular flexibility index (Phi) is 7.49. The Balaban J connectivity index is 1.18. The molecule has 0 radical (unpaired) electrons. The van der Waals surface area contributed by atoms with Crippen molar-refractivity contribution in [3.8, 4) is 78.7 Å². The van der Waals surface area contributed by atoms with Gasteiger partial charge in [-0.3, -0.25) is 0 Å². The quantitative estimate of drug-likeness (QED) is 0.149. The lowest BCUT2D eigenvalue weighted by atomic mass is 9.96. The van der Waals surface area contributed by atoms with Gasteiger partial charge in [-0.2, -0.15) is 0 Å². The van der Waals surface area contributed by atoms with Crippen molar-refractivity contribution >= 4 is 13.3 Å². The molecule has 0 atom stereocenters. The average Bonchev–Trinajstić information content (AvgIpc) is 3.25. The summed E-state index contributed by atoms with van der Waals surface area (Å²) in [6, 6.07) is 49.6. The second-order valence-corrected chi connectivity index (χ2v) is 18.9. The summed E-state index contributed by atoms with van der Waals surface area (Å²) in [5, 5.41) is 1.45. The molecule has 0 aliphatic carbocycles. The van der Waals surface area contributed by atoms with Crippen molar-refractivity contribution in [1.82, 2.24) is 15.0 Å². The van der Waals surface area contributed by atoms with Crippen molar-refractivity contribution in [1.29, 1.82) is 0 Å². The number of hydrogen-bond acceptors (Lipinski definition) is 3. The van der Waals surface area contributed by atoms with Crippen LogP contribution in [-0.2, 0) is 0 Å². The minimum Gasteiger partial charge on any atom is -0.208 e. The molecule has 0 saturated heterocycles. The van der Waals surface area contributed by atoms with Crippen LogP contribution in [0.5, 0.6) is 0 Å². The summed E-state index contributed by atoms with van der Waals surface area (Å²) in [4.78, 5) is 14.5. The van der Waals surface area contributed by atoms with Gasteiger partial charge in [0.15, 0.2) is 17.5 Å². The van der Waals surface area contributed by atoms with Crippen LogP contribution in [0.1, 0.15) is 6.85 Å². The Morgan fingerprint density at radius 3 is 1.17 bits per heavy atom. The van der Waals surface area contributed by atoms with Crippen LogP contribution in [0.15, 0.2) is 182 Å². The van der Waals surface area contributed by atoms with E-state index in [0.29, 0.717) is 22.8 Å². The van der Waals surface area contributed by atoms with E-state index in [1.807, 2.05) is 78.9 Å². The molecular weight excluding hydrogens is 647 g/mol. The summed E-state index contributed by atoms with van der Waals surface area (Å²) in [6.45, 7) is 7.09. The van der Waals surface area contributed by atoms with E-state index < -0.39 is 26.2 Å². The molecule has 0 aliphatic rings. The molecule has 3 nitrogen and oxygen atoms in total. The molecule has 4 heteroatoms. The molecule has 0 N–H and O–H groups in total. The van der Waals surface area contributed by atoms with Gasteiger partial charge >= 0.3 is 0 Å². The number of rotatable bonds is 8. The Hall–Kier alpha value is -6.23. The fourth-order valence-electron chi connectivity index (χ4n) is 6.31. The molecule has 1 heterocycles. The molecule has 0 saturated carbocycles. The normalized spacial score (nSPS) is 12.7. The fraction of sp³-hybridized carbons (Fsp3) is 0.0625. The first kappa shape index (κ1) is 27.5. The Morgan fingerprint density at radius 2 is 0.692 bits per heavy atom. The van der Waals surface area contributed by atoms with Gasteiger partial charge in [-0.1, -0.05) is 188 Å². The Bertz CT molecular complexity index is 2740.